The Balaban J connectivity index is 1.71. The molecule has 1 aliphatic rings. The lowest BCUT2D eigenvalue weighted by Crippen LogP contribution is -2.28. The highest BCUT2D eigenvalue weighted by atomic mass is 35.5. The molecule has 2 aromatic rings. The second kappa shape index (κ2) is 8.51. The van der Waals surface area contributed by atoms with Crippen LogP contribution in [-0.4, -0.2) is 38.3 Å². The van der Waals surface area contributed by atoms with Crippen LogP contribution < -0.4 is 10.6 Å². The summed E-state index contributed by atoms with van der Waals surface area (Å²) >= 11 is 6.14. The first-order chi connectivity index (χ1) is 13.3. The molecular formula is C20H24ClN3O3S. The first kappa shape index (κ1) is 20.6. The number of rotatable bonds is 6. The van der Waals surface area contributed by atoms with Gasteiger partial charge in [0.05, 0.1) is 11.6 Å². The molecule has 1 aliphatic heterocycles. The largest absolute Gasteiger partial charge is 0.376 e. The highest BCUT2D eigenvalue weighted by Crippen LogP contribution is 2.29. The van der Waals surface area contributed by atoms with Gasteiger partial charge in [-0.15, -0.1) is 0 Å². The number of carbonyl (C=O) groups excluding carboxylic acids is 1. The molecule has 0 aromatic heterocycles. The summed E-state index contributed by atoms with van der Waals surface area (Å²) in [5, 5.41) is 6.03. The lowest BCUT2D eigenvalue weighted by molar-refractivity contribution is -0.114. The van der Waals surface area contributed by atoms with Crippen LogP contribution in [0.15, 0.2) is 41.3 Å². The summed E-state index contributed by atoms with van der Waals surface area (Å²) in [6.07, 6.45) is 1.69. The number of nitrogens with one attached hydrogen (secondary N) is 2. The molecule has 0 atom stereocenters. The molecule has 0 unspecified atom stereocenters. The van der Waals surface area contributed by atoms with E-state index in [2.05, 4.69) is 10.6 Å². The van der Waals surface area contributed by atoms with Crippen molar-refractivity contribution in [3.63, 3.8) is 0 Å². The van der Waals surface area contributed by atoms with E-state index in [0.717, 1.165) is 29.7 Å². The third-order valence-electron chi connectivity index (χ3n) is 4.80. The third kappa shape index (κ3) is 4.48. The third-order valence-corrected chi connectivity index (χ3v) is 7.18. The van der Waals surface area contributed by atoms with Crippen LogP contribution >= 0.6 is 11.6 Å². The Morgan fingerprint density at radius 3 is 2.39 bits per heavy atom. The minimum absolute atomic E-state index is 0.0246. The molecule has 0 bridgehead atoms. The van der Waals surface area contributed by atoms with Gasteiger partial charge in [0.15, 0.2) is 0 Å². The van der Waals surface area contributed by atoms with E-state index in [0.29, 0.717) is 18.8 Å². The second-order valence-corrected chi connectivity index (χ2v) is 9.24. The lowest BCUT2D eigenvalue weighted by atomic mass is 10.1. The van der Waals surface area contributed by atoms with Gasteiger partial charge in [-0.25, -0.2) is 8.42 Å². The molecular weight excluding hydrogens is 398 g/mol. The summed E-state index contributed by atoms with van der Waals surface area (Å²) in [6.45, 7) is 5.01. The van der Waals surface area contributed by atoms with Crippen LogP contribution in [-0.2, 0) is 14.8 Å². The van der Waals surface area contributed by atoms with Crippen molar-refractivity contribution in [2.75, 3.05) is 30.3 Å². The maximum absolute atomic E-state index is 12.8. The molecule has 1 heterocycles. The van der Waals surface area contributed by atoms with Gasteiger partial charge in [-0.1, -0.05) is 29.8 Å². The van der Waals surface area contributed by atoms with Crippen LogP contribution in [0.25, 0.3) is 0 Å². The quantitative estimate of drug-likeness (QED) is 0.743. The smallest absolute Gasteiger partial charge is 0.244 e. The SMILES string of the molecule is Cc1cccc(C)c1NCC(=O)Nc1ccc(Cl)c(S(=O)(=O)N2CCCC2)c1. The average molecular weight is 422 g/mol. The normalized spacial score (nSPS) is 14.8. The minimum atomic E-state index is -3.66. The maximum Gasteiger partial charge on any atom is 0.244 e. The number of nitrogens with zero attached hydrogens (tertiary/aromatic N) is 1. The molecule has 0 saturated carbocycles. The van der Waals surface area contributed by atoms with E-state index in [1.165, 1.54) is 16.4 Å². The Labute approximate surface area is 170 Å². The van der Waals surface area contributed by atoms with E-state index in [9.17, 15) is 13.2 Å². The van der Waals surface area contributed by atoms with Crippen LogP contribution in [0.5, 0.6) is 0 Å². The Kier molecular flexibility index (Phi) is 6.27. The topological polar surface area (TPSA) is 78.5 Å². The van der Waals surface area contributed by atoms with Gasteiger partial charge in [-0.2, -0.15) is 4.31 Å². The number of hydrogen-bond donors (Lipinski definition) is 2. The summed E-state index contributed by atoms with van der Waals surface area (Å²) in [5.41, 5.74) is 3.43. The zero-order valence-electron chi connectivity index (χ0n) is 16.0. The molecule has 150 valence electrons. The van der Waals surface area contributed by atoms with E-state index in [4.69, 9.17) is 11.6 Å². The predicted octanol–water partition coefficient (Wildman–Crippen LogP) is 3.79. The molecule has 0 radical (unpaired) electrons. The fourth-order valence-electron chi connectivity index (χ4n) is 3.31. The number of amides is 1. The van der Waals surface area contributed by atoms with Crippen molar-refractivity contribution < 1.29 is 13.2 Å². The number of para-hydroxylation sites is 1. The number of sulfonamides is 1. The summed E-state index contributed by atoms with van der Waals surface area (Å²) in [6, 6.07) is 10.4. The van der Waals surface area contributed by atoms with Crippen LogP contribution in [0.1, 0.15) is 24.0 Å². The monoisotopic (exact) mass is 421 g/mol. The maximum atomic E-state index is 12.8. The summed E-state index contributed by atoms with van der Waals surface area (Å²) in [4.78, 5) is 12.4. The van der Waals surface area contributed by atoms with Crippen LogP contribution in [0.4, 0.5) is 11.4 Å². The zero-order chi connectivity index (χ0) is 20.3. The predicted molar refractivity (Wildman–Crippen MR) is 112 cm³/mol. The molecule has 8 heteroatoms. The molecule has 0 spiro atoms. The van der Waals surface area contributed by atoms with E-state index in [1.54, 1.807) is 6.07 Å². The molecule has 1 amide bonds. The van der Waals surface area contributed by atoms with E-state index >= 15 is 0 Å². The number of carbonyl (C=O) groups is 1. The van der Waals surface area contributed by atoms with Gasteiger partial charge >= 0.3 is 0 Å². The standard InChI is InChI=1S/C20H24ClN3O3S/c1-14-6-5-7-15(2)20(14)22-13-19(25)23-16-8-9-17(21)18(12-16)28(26,27)24-10-3-4-11-24/h5-9,12,22H,3-4,10-11,13H2,1-2H3,(H,23,25). The van der Waals surface area contributed by atoms with Crippen molar-refractivity contribution >= 4 is 38.9 Å². The molecule has 28 heavy (non-hydrogen) atoms. The van der Waals surface area contributed by atoms with Gasteiger partial charge in [0.2, 0.25) is 15.9 Å². The van der Waals surface area contributed by atoms with E-state index in [1.807, 2.05) is 32.0 Å². The summed E-state index contributed by atoms with van der Waals surface area (Å²) in [5.74, 6) is -0.269. The minimum Gasteiger partial charge on any atom is -0.376 e. The molecule has 1 fully saturated rings. The Hall–Kier alpha value is -2.09. The number of benzene rings is 2. The molecule has 3 rings (SSSR count). The molecule has 1 saturated heterocycles. The first-order valence-electron chi connectivity index (χ1n) is 9.18. The highest BCUT2D eigenvalue weighted by Gasteiger charge is 2.29. The van der Waals surface area contributed by atoms with Crippen molar-refractivity contribution in [2.24, 2.45) is 0 Å². The molecule has 0 aliphatic carbocycles. The Morgan fingerprint density at radius 1 is 1.11 bits per heavy atom. The summed E-state index contributed by atoms with van der Waals surface area (Å²) in [7, 11) is -3.66. The number of aryl methyl sites for hydroxylation is 2. The lowest BCUT2D eigenvalue weighted by Gasteiger charge is -2.17. The van der Waals surface area contributed by atoms with Gasteiger partial charge in [0.25, 0.3) is 0 Å². The molecule has 2 aromatic carbocycles. The van der Waals surface area contributed by atoms with Crippen LogP contribution in [0, 0.1) is 13.8 Å². The number of anilines is 2. The zero-order valence-corrected chi connectivity index (χ0v) is 17.5. The Morgan fingerprint density at radius 2 is 1.75 bits per heavy atom. The average Bonchev–Trinajstić information content (AvgIpc) is 3.18. The van der Waals surface area contributed by atoms with Crippen molar-refractivity contribution in [1.82, 2.24) is 4.31 Å². The van der Waals surface area contributed by atoms with Gasteiger partial charge in [-0.05, 0) is 56.0 Å². The van der Waals surface area contributed by atoms with Crippen molar-refractivity contribution in [3.8, 4) is 0 Å². The van der Waals surface area contributed by atoms with Crippen molar-refractivity contribution in [3.05, 3.63) is 52.5 Å². The second-order valence-electron chi connectivity index (χ2n) is 6.92. The van der Waals surface area contributed by atoms with Gasteiger partial charge in [0, 0.05) is 24.5 Å². The van der Waals surface area contributed by atoms with E-state index < -0.39 is 10.0 Å². The van der Waals surface area contributed by atoms with Gasteiger partial charge in [-0.3, -0.25) is 4.79 Å². The van der Waals surface area contributed by atoms with Gasteiger partial charge < -0.3 is 10.6 Å². The van der Waals surface area contributed by atoms with Gasteiger partial charge in [0.1, 0.15) is 4.90 Å². The molecule has 6 nitrogen and oxygen atoms in total. The van der Waals surface area contributed by atoms with E-state index in [-0.39, 0.29) is 22.4 Å². The Bertz CT molecular complexity index is 966. The number of halogens is 1. The first-order valence-corrected chi connectivity index (χ1v) is 11.0. The fourth-order valence-corrected chi connectivity index (χ4v) is 5.33. The number of hydrogen-bond acceptors (Lipinski definition) is 4. The fraction of sp³-hybridized carbons (Fsp3) is 0.350. The van der Waals surface area contributed by atoms with Crippen LogP contribution in [0.3, 0.4) is 0 Å². The highest BCUT2D eigenvalue weighted by molar-refractivity contribution is 7.89. The van der Waals surface area contributed by atoms with Crippen molar-refractivity contribution in [1.29, 1.82) is 0 Å². The summed E-state index contributed by atoms with van der Waals surface area (Å²) < 4.78 is 27.0. The van der Waals surface area contributed by atoms with Crippen LogP contribution in [0.2, 0.25) is 5.02 Å². The molecule has 2 N–H and O–H groups in total. The van der Waals surface area contributed by atoms with Crippen molar-refractivity contribution in [2.45, 2.75) is 31.6 Å².